The molecule has 0 aromatic heterocycles. The van der Waals surface area contributed by atoms with Crippen molar-refractivity contribution in [2.75, 3.05) is 13.2 Å². The highest BCUT2D eigenvalue weighted by Crippen LogP contribution is 2.27. The average Bonchev–Trinajstić information content (AvgIpc) is 2.79. The number of halogens is 1. The van der Waals surface area contributed by atoms with Gasteiger partial charge in [-0.05, 0) is 58.6 Å². The van der Waals surface area contributed by atoms with E-state index < -0.39 is 0 Å². The van der Waals surface area contributed by atoms with Gasteiger partial charge in [-0.15, -0.1) is 0 Å². The summed E-state index contributed by atoms with van der Waals surface area (Å²) >= 11 is 3.62. The standard InChI is InChI=1S/C27H37BrO3/c1-2-3-4-5-6-7-8-9-11-15-23-18-19-26(25(28)22-23)30-20-14-21-31-27(29)24-16-12-10-13-17-24/h10,12-13,16-19,22H,2-9,11,14-15,20-21H2,1H3. The van der Waals surface area contributed by atoms with Crippen LogP contribution in [0.25, 0.3) is 0 Å². The summed E-state index contributed by atoms with van der Waals surface area (Å²) in [5.74, 6) is 0.549. The minimum atomic E-state index is -0.289. The van der Waals surface area contributed by atoms with Gasteiger partial charge in [-0.2, -0.15) is 0 Å². The van der Waals surface area contributed by atoms with Crippen molar-refractivity contribution in [2.45, 2.75) is 77.6 Å². The molecule has 0 N–H and O–H groups in total. The summed E-state index contributed by atoms with van der Waals surface area (Å²) in [6, 6.07) is 15.4. The van der Waals surface area contributed by atoms with Crippen LogP contribution in [-0.2, 0) is 11.2 Å². The molecule has 2 aromatic rings. The number of carbonyl (C=O) groups is 1. The van der Waals surface area contributed by atoms with E-state index in [1.165, 1.54) is 63.4 Å². The van der Waals surface area contributed by atoms with Crippen molar-refractivity contribution >= 4 is 21.9 Å². The van der Waals surface area contributed by atoms with E-state index >= 15 is 0 Å². The Morgan fingerprint density at radius 3 is 2.16 bits per heavy atom. The number of benzene rings is 2. The summed E-state index contributed by atoms with van der Waals surface area (Å²) < 4.78 is 12.1. The largest absolute Gasteiger partial charge is 0.492 e. The molecule has 0 radical (unpaired) electrons. The molecule has 0 bridgehead atoms. The van der Waals surface area contributed by atoms with Crippen LogP contribution >= 0.6 is 15.9 Å². The normalized spacial score (nSPS) is 10.8. The second kappa shape index (κ2) is 15.9. The number of ether oxygens (including phenoxy) is 2. The zero-order valence-corrected chi connectivity index (χ0v) is 20.5. The van der Waals surface area contributed by atoms with Crippen LogP contribution in [0.5, 0.6) is 5.75 Å². The van der Waals surface area contributed by atoms with Crippen LogP contribution in [-0.4, -0.2) is 19.2 Å². The lowest BCUT2D eigenvalue weighted by molar-refractivity contribution is 0.0486. The van der Waals surface area contributed by atoms with Crippen molar-refractivity contribution in [1.82, 2.24) is 0 Å². The predicted octanol–water partition coefficient (Wildman–Crippen LogP) is 8.15. The Bertz CT molecular complexity index is 745. The molecule has 0 aliphatic heterocycles. The Kier molecular flexibility index (Phi) is 13.1. The zero-order valence-electron chi connectivity index (χ0n) is 18.9. The highest BCUT2D eigenvalue weighted by molar-refractivity contribution is 9.10. The third kappa shape index (κ3) is 10.9. The first kappa shape index (κ1) is 25.5. The van der Waals surface area contributed by atoms with E-state index in [0.717, 1.165) is 16.6 Å². The molecule has 0 saturated heterocycles. The zero-order chi connectivity index (χ0) is 22.2. The molecule has 0 saturated carbocycles. The third-order valence-corrected chi connectivity index (χ3v) is 5.97. The summed E-state index contributed by atoms with van der Waals surface area (Å²) in [6.07, 6.45) is 14.0. The molecule has 31 heavy (non-hydrogen) atoms. The molecule has 0 aliphatic rings. The lowest BCUT2D eigenvalue weighted by atomic mass is 10.0. The fourth-order valence-electron chi connectivity index (χ4n) is 3.52. The van der Waals surface area contributed by atoms with Crippen LogP contribution in [0, 0.1) is 0 Å². The van der Waals surface area contributed by atoms with Crippen LogP contribution in [0.15, 0.2) is 53.0 Å². The van der Waals surface area contributed by atoms with Crippen LogP contribution in [0.3, 0.4) is 0 Å². The van der Waals surface area contributed by atoms with E-state index in [1.807, 2.05) is 24.3 Å². The van der Waals surface area contributed by atoms with Crippen molar-refractivity contribution in [3.63, 3.8) is 0 Å². The number of aryl methyl sites for hydroxylation is 1. The van der Waals surface area contributed by atoms with E-state index in [2.05, 4.69) is 35.0 Å². The number of hydrogen-bond acceptors (Lipinski definition) is 3. The van der Waals surface area contributed by atoms with Crippen molar-refractivity contribution in [3.8, 4) is 5.75 Å². The number of rotatable bonds is 16. The van der Waals surface area contributed by atoms with Gasteiger partial charge in [-0.1, -0.05) is 82.6 Å². The lowest BCUT2D eigenvalue weighted by Crippen LogP contribution is -2.09. The van der Waals surface area contributed by atoms with Crippen LogP contribution in [0.2, 0.25) is 0 Å². The third-order valence-electron chi connectivity index (χ3n) is 5.35. The van der Waals surface area contributed by atoms with E-state index in [9.17, 15) is 4.79 Å². The first-order valence-corrected chi connectivity index (χ1v) is 12.6. The molecule has 4 heteroatoms. The van der Waals surface area contributed by atoms with Gasteiger partial charge in [0, 0.05) is 6.42 Å². The van der Waals surface area contributed by atoms with Gasteiger partial charge in [-0.25, -0.2) is 4.79 Å². The first-order valence-electron chi connectivity index (χ1n) is 11.8. The topological polar surface area (TPSA) is 35.5 Å². The molecule has 0 heterocycles. The van der Waals surface area contributed by atoms with Gasteiger partial charge in [0.2, 0.25) is 0 Å². The average molecular weight is 489 g/mol. The number of hydrogen-bond donors (Lipinski definition) is 0. The molecule has 0 amide bonds. The highest BCUT2D eigenvalue weighted by Gasteiger charge is 2.06. The van der Waals surface area contributed by atoms with E-state index in [-0.39, 0.29) is 5.97 Å². The molecule has 0 aliphatic carbocycles. The number of carbonyl (C=O) groups excluding carboxylic acids is 1. The monoisotopic (exact) mass is 488 g/mol. The highest BCUT2D eigenvalue weighted by atomic mass is 79.9. The molecule has 0 atom stereocenters. The Labute approximate surface area is 196 Å². The van der Waals surface area contributed by atoms with Gasteiger partial charge >= 0.3 is 5.97 Å². The molecular formula is C27H37BrO3. The summed E-state index contributed by atoms with van der Waals surface area (Å²) in [5.41, 5.74) is 1.92. The SMILES string of the molecule is CCCCCCCCCCCc1ccc(OCCCOC(=O)c2ccccc2)c(Br)c1. The maximum Gasteiger partial charge on any atom is 0.338 e. The van der Waals surface area contributed by atoms with E-state index in [0.29, 0.717) is 25.2 Å². The fraction of sp³-hybridized carbons (Fsp3) is 0.519. The molecule has 0 spiro atoms. The summed E-state index contributed by atoms with van der Waals surface area (Å²) in [4.78, 5) is 11.9. The minimum absolute atomic E-state index is 0.289. The molecule has 2 rings (SSSR count). The van der Waals surface area contributed by atoms with Gasteiger partial charge in [0.15, 0.2) is 0 Å². The maximum absolute atomic E-state index is 11.9. The van der Waals surface area contributed by atoms with Crippen molar-refractivity contribution in [3.05, 3.63) is 64.1 Å². The van der Waals surface area contributed by atoms with Crippen LogP contribution in [0.1, 0.15) is 87.1 Å². The summed E-state index contributed by atoms with van der Waals surface area (Å²) in [6.45, 7) is 3.13. The van der Waals surface area contributed by atoms with E-state index in [1.54, 1.807) is 12.1 Å². The summed E-state index contributed by atoms with van der Waals surface area (Å²) in [7, 11) is 0. The van der Waals surface area contributed by atoms with Crippen molar-refractivity contribution in [1.29, 1.82) is 0 Å². The lowest BCUT2D eigenvalue weighted by Gasteiger charge is -2.10. The summed E-state index contributed by atoms with van der Waals surface area (Å²) in [5, 5.41) is 0. The van der Waals surface area contributed by atoms with Gasteiger partial charge in [0.1, 0.15) is 5.75 Å². The van der Waals surface area contributed by atoms with Gasteiger partial charge in [-0.3, -0.25) is 0 Å². The van der Waals surface area contributed by atoms with Crippen molar-refractivity contribution in [2.24, 2.45) is 0 Å². The second-order valence-corrected chi connectivity index (χ2v) is 8.90. The van der Waals surface area contributed by atoms with Gasteiger partial charge in [0.05, 0.1) is 23.2 Å². The molecule has 0 unspecified atom stereocenters. The second-order valence-electron chi connectivity index (χ2n) is 8.05. The van der Waals surface area contributed by atoms with Gasteiger partial charge in [0.25, 0.3) is 0 Å². The molecule has 2 aromatic carbocycles. The molecular weight excluding hydrogens is 452 g/mol. The van der Waals surface area contributed by atoms with Crippen LogP contribution < -0.4 is 4.74 Å². The number of unbranched alkanes of at least 4 members (excludes halogenated alkanes) is 8. The smallest absolute Gasteiger partial charge is 0.338 e. The molecule has 0 fully saturated rings. The molecule has 3 nitrogen and oxygen atoms in total. The quantitative estimate of drug-likeness (QED) is 0.176. The maximum atomic E-state index is 11.9. The minimum Gasteiger partial charge on any atom is -0.492 e. The van der Waals surface area contributed by atoms with E-state index in [4.69, 9.17) is 9.47 Å². The predicted molar refractivity (Wildman–Crippen MR) is 132 cm³/mol. The first-order chi connectivity index (χ1) is 15.2. The Morgan fingerprint density at radius 2 is 1.48 bits per heavy atom. The van der Waals surface area contributed by atoms with Crippen molar-refractivity contribution < 1.29 is 14.3 Å². The molecule has 170 valence electrons. The Hall–Kier alpha value is -1.81. The number of esters is 1. The Balaban J connectivity index is 1.55. The van der Waals surface area contributed by atoms with Crippen LogP contribution in [0.4, 0.5) is 0 Å². The van der Waals surface area contributed by atoms with Gasteiger partial charge < -0.3 is 9.47 Å². The Morgan fingerprint density at radius 1 is 0.806 bits per heavy atom. The fourth-order valence-corrected chi connectivity index (χ4v) is 4.06.